The lowest BCUT2D eigenvalue weighted by atomic mass is 9.98. The van der Waals surface area contributed by atoms with Gasteiger partial charge in [-0.3, -0.25) is 4.79 Å². The molecule has 1 aliphatic rings. The van der Waals surface area contributed by atoms with E-state index in [0.29, 0.717) is 12.1 Å². The molecule has 0 aliphatic heterocycles. The summed E-state index contributed by atoms with van der Waals surface area (Å²) in [7, 11) is 0. The summed E-state index contributed by atoms with van der Waals surface area (Å²) in [5.41, 5.74) is 5.98. The molecule has 0 fully saturated rings. The number of rotatable bonds is 8. The van der Waals surface area contributed by atoms with Crippen molar-refractivity contribution < 1.29 is 24.2 Å². The second-order valence-electron chi connectivity index (χ2n) is 8.24. The van der Waals surface area contributed by atoms with E-state index in [2.05, 4.69) is 34.9 Å². The van der Waals surface area contributed by atoms with Crippen LogP contribution in [0.25, 0.3) is 11.1 Å². The molecule has 0 unspecified atom stereocenters. The minimum absolute atomic E-state index is 0.00580. The number of carbonyl (C=O) groups excluding carboxylic acids is 2. The molecule has 0 saturated carbocycles. The molecule has 7 nitrogen and oxygen atoms in total. The highest BCUT2D eigenvalue weighted by molar-refractivity contribution is 5.94. The lowest BCUT2D eigenvalue weighted by Crippen LogP contribution is -2.27. The number of alkyl carbamates (subject to hydrolysis) is 1. The molecule has 2 amide bonds. The summed E-state index contributed by atoms with van der Waals surface area (Å²) < 4.78 is 5.49. The Bertz CT molecular complexity index is 1190. The van der Waals surface area contributed by atoms with Crippen molar-refractivity contribution in [3.05, 3.63) is 89.0 Å². The van der Waals surface area contributed by atoms with E-state index in [4.69, 9.17) is 9.84 Å². The van der Waals surface area contributed by atoms with Crippen LogP contribution < -0.4 is 10.6 Å². The van der Waals surface area contributed by atoms with Crippen molar-refractivity contribution in [3.8, 4) is 11.1 Å². The van der Waals surface area contributed by atoms with Crippen LogP contribution in [0.3, 0.4) is 0 Å². The number of ether oxygens (including phenoxy) is 1. The standard InChI is InChI=1S/C27H26N2O5/c1-17-12-13-18(26(31)32)15-24(17)29-25(30)11-6-14-28-27(33)34-16-23-21-9-4-2-7-19(21)20-8-3-5-10-22(20)23/h2-5,7-10,12-13,15,23H,6,11,14,16H2,1H3,(H,28,33)(H,29,30)(H,31,32). The second kappa shape index (κ2) is 10.2. The van der Waals surface area contributed by atoms with Gasteiger partial charge in [0.25, 0.3) is 0 Å². The zero-order valence-corrected chi connectivity index (χ0v) is 18.8. The first-order valence-corrected chi connectivity index (χ1v) is 11.2. The molecule has 34 heavy (non-hydrogen) atoms. The van der Waals surface area contributed by atoms with E-state index in [-0.39, 0.29) is 37.0 Å². The number of aryl methyl sites for hydroxylation is 1. The molecular formula is C27H26N2O5. The van der Waals surface area contributed by atoms with E-state index in [0.717, 1.165) is 16.7 Å². The van der Waals surface area contributed by atoms with Crippen LogP contribution in [0, 0.1) is 6.92 Å². The van der Waals surface area contributed by atoms with Gasteiger partial charge in [0.1, 0.15) is 6.61 Å². The number of hydrogen-bond acceptors (Lipinski definition) is 4. The average Bonchev–Trinajstić information content (AvgIpc) is 3.15. The molecular weight excluding hydrogens is 432 g/mol. The molecule has 0 radical (unpaired) electrons. The smallest absolute Gasteiger partial charge is 0.407 e. The molecule has 7 heteroatoms. The van der Waals surface area contributed by atoms with Gasteiger partial charge in [-0.15, -0.1) is 0 Å². The summed E-state index contributed by atoms with van der Waals surface area (Å²) in [6.07, 6.45) is 0.0842. The Labute approximate surface area is 197 Å². The maximum Gasteiger partial charge on any atom is 0.407 e. The number of carboxylic acids is 1. The third-order valence-electron chi connectivity index (χ3n) is 5.95. The molecule has 4 rings (SSSR count). The molecule has 3 N–H and O–H groups in total. The van der Waals surface area contributed by atoms with Crippen LogP contribution >= 0.6 is 0 Å². The van der Waals surface area contributed by atoms with E-state index in [1.54, 1.807) is 13.0 Å². The predicted octanol–water partition coefficient (Wildman–Crippen LogP) is 4.95. The number of benzene rings is 3. The van der Waals surface area contributed by atoms with Crippen molar-refractivity contribution in [2.24, 2.45) is 0 Å². The highest BCUT2D eigenvalue weighted by atomic mass is 16.5. The van der Waals surface area contributed by atoms with E-state index >= 15 is 0 Å². The number of fused-ring (bicyclic) bond motifs is 3. The minimum Gasteiger partial charge on any atom is -0.478 e. The van der Waals surface area contributed by atoms with Crippen LogP contribution in [0.4, 0.5) is 10.5 Å². The maximum absolute atomic E-state index is 12.2. The molecule has 0 bridgehead atoms. The topological polar surface area (TPSA) is 105 Å². The van der Waals surface area contributed by atoms with Gasteiger partial charge in [-0.05, 0) is 53.3 Å². The number of hydrogen-bond donors (Lipinski definition) is 3. The first-order valence-electron chi connectivity index (χ1n) is 11.2. The van der Waals surface area contributed by atoms with Gasteiger partial charge < -0.3 is 20.5 Å². The summed E-state index contributed by atoms with van der Waals surface area (Å²) in [4.78, 5) is 35.6. The molecule has 0 aromatic heterocycles. The number of anilines is 1. The van der Waals surface area contributed by atoms with Gasteiger partial charge in [0.2, 0.25) is 5.91 Å². The quantitative estimate of drug-likeness (QED) is 0.414. The van der Waals surface area contributed by atoms with E-state index in [9.17, 15) is 14.4 Å². The molecule has 0 atom stereocenters. The summed E-state index contributed by atoms with van der Waals surface area (Å²) in [5, 5.41) is 14.5. The second-order valence-corrected chi connectivity index (χ2v) is 8.24. The van der Waals surface area contributed by atoms with Gasteiger partial charge in [0.15, 0.2) is 0 Å². The SMILES string of the molecule is Cc1ccc(C(=O)O)cc1NC(=O)CCCNC(=O)OCC1c2ccccc2-c2ccccc21. The Kier molecular flexibility index (Phi) is 6.92. The Morgan fingerprint density at radius 2 is 1.59 bits per heavy atom. The monoisotopic (exact) mass is 458 g/mol. The lowest BCUT2D eigenvalue weighted by Gasteiger charge is -2.14. The number of aromatic carboxylic acids is 1. The maximum atomic E-state index is 12.2. The first-order chi connectivity index (χ1) is 16.4. The normalized spacial score (nSPS) is 11.9. The van der Waals surface area contributed by atoms with Crippen molar-refractivity contribution in [2.45, 2.75) is 25.7 Å². The molecule has 0 saturated heterocycles. The summed E-state index contributed by atoms with van der Waals surface area (Å²) in [6.45, 7) is 2.32. The van der Waals surface area contributed by atoms with Gasteiger partial charge in [-0.25, -0.2) is 9.59 Å². The fourth-order valence-corrected chi connectivity index (χ4v) is 4.19. The van der Waals surface area contributed by atoms with Crippen molar-refractivity contribution in [1.29, 1.82) is 0 Å². The molecule has 174 valence electrons. The fourth-order valence-electron chi connectivity index (χ4n) is 4.19. The van der Waals surface area contributed by atoms with Crippen molar-refractivity contribution in [3.63, 3.8) is 0 Å². The van der Waals surface area contributed by atoms with E-state index in [1.807, 2.05) is 24.3 Å². The Morgan fingerprint density at radius 1 is 0.941 bits per heavy atom. The van der Waals surface area contributed by atoms with Gasteiger partial charge >= 0.3 is 12.1 Å². The summed E-state index contributed by atoms with van der Waals surface area (Å²) in [6, 6.07) is 20.9. The number of carbonyl (C=O) groups is 3. The van der Waals surface area contributed by atoms with Gasteiger partial charge in [-0.1, -0.05) is 54.6 Å². The highest BCUT2D eigenvalue weighted by Gasteiger charge is 2.28. The predicted molar refractivity (Wildman–Crippen MR) is 129 cm³/mol. The van der Waals surface area contributed by atoms with Gasteiger partial charge in [-0.2, -0.15) is 0 Å². The third-order valence-corrected chi connectivity index (χ3v) is 5.95. The molecule has 3 aromatic rings. The molecule has 1 aliphatic carbocycles. The van der Waals surface area contributed by atoms with Crippen molar-refractivity contribution in [2.75, 3.05) is 18.5 Å². The zero-order chi connectivity index (χ0) is 24.1. The largest absolute Gasteiger partial charge is 0.478 e. The minimum atomic E-state index is -1.05. The van der Waals surface area contributed by atoms with Crippen LogP contribution in [0.5, 0.6) is 0 Å². The molecule has 3 aromatic carbocycles. The van der Waals surface area contributed by atoms with E-state index < -0.39 is 12.1 Å². The average molecular weight is 459 g/mol. The van der Waals surface area contributed by atoms with Crippen molar-refractivity contribution >= 4 is 23.7 Å². The number of carboxylic acid groups (broad SMARTS) is 1. The van der Waals surface area contributed by atoms with Crippen LogP contribution in [-0.2, 0) is 9.53 Å². The van der Waals surface area contributed by atoms with Gasteiger partial charge in [0.05, 0.1) is 5.56 Å². The fraction of sp³-hybridized carbons (Fsp3) is 0.222. The third kappa shape index (κ3) is 5.09. The van der Waals surface area contributed by atoms with Crippen LogP contribution in [0.2, 0.25) is 0 Å². The highest BCUT2D eigenvalue weighted by Crippen LogP contribution is 2.44. The summed E-state index contributed by atoms with van der Waals surface area (Å²) in [5.74, 6) is -1.31. The van der Waals surface area contributed by atoms with Crippen molar-refractivity contribution in [1.82, 2.24) is 5.32 Å². The molecule has 0 spiro atoms. The van der Waals surface area contributed by atoms with Crippen LogP contribution in [0.15, 0.2) is 66.7 Å². The van der Waals surface area contributed by atoms with Gasteiger partial charge in [0, 0.05) is 24.6 Å². The lowest BCUT2D eigenvalue weighted by molar-refractivity contribution is -0.116. The summed E-state index contributed by atoms with van der Waals surface area (Å²) >= 11 is 0. The van der Waals surface area contributed by atoms with Crippen LogP contribution in [0.1, 0.15) is 45.8 Å². The Morgan fingerprint density at radius 3 is 2.24 bits per heavy atom. The zero-order valence-electron chi connectivity index (χ0n) is 18.8. The number of amides is 2. The Hall–Kier alpha value is -4.13. The van der Waals surface area contributed by atoms with E-state index in [1.165, 1.54) is 23.3 Å². The number of nitrogens with one attached hydrogen (secondary N) is 2. The molecule has 0 heterocycles. The Balaban J connectivity index is 1.22. The van der Waals surface area contributed by atoms with Crippen LogP contribution in [-0.4, -0.2) is 36.2 Å². The first kappa shape index (κ1) is 23.0.